The molecule has 1 aliphatic rings. The zero-order chi connectivity index (χ0) is 23.4. The molecule has 1 N–H and O–H groups in total. The highest BCUT2D eigenvalue weighted by atomic mass is 32.2. The SMILES string of the molecule is CN(Cc1ccc(F)nc1)c1cc(C(=O)Nc2ccc(N3CCS(=O)(=O)CC3)cc2)ncn1. The van der Waals surface area contributed by atoms with Gasteiger partial charge in [-0.05, 0) is 35.9 Å². The minimum absolute atomic E-state index is 0.146. The standard InChI is InChI=1S/C22H23FN6O3S/c1-28(14-16-2-7-20(23)24-13-16)21-12-19(25-15-26-21)22(30)27-17-3-5-18(6-4-17)29-8-10-33(31,32)11-9-29/h2-7,12-13,15H,8-11,14H2,1H3,(H,27,30). The molecule has 0 radical (unpaired) electrons. The van der Waals surface area contributed by atoms with Crippen molar-refractivity contribution in [2.45, 2.75) is 6.54 Å². The third-order valence-corrected chi connectivity index (χ3v) is 6.93. The molecular weight excluding hydrogens is 447 g/mol. The molecule has 0 unspecified atom stereocenters. The Bertz CT molecular complexity index is 1220. The van der Waals surface area contributed by atoms with E-state index in [0.717, 1.165) is 11.3 Å². The highest BCUT2D eigenvalue weighted by molar-refractivity contribution is 7.91. The number of anilines is 3. The summed E-state index contributed by atoms with van der Waals surface area (Å²) in [5.74, 6) is -0.0945. The number of aromatic nitrogens is 3. The molecule has 1 aliphatic heterocycles. The van der Waals surface area contributed by atoms with Gasteiger partial charge in [-0.2, -0.15) is 4.39 Å². The lowest BCUT2D eigenvalue weighted by molar-refractivity contribution is 0.102. The first-order valence-electron chi connectivity index (χ1n) is 10.3. The van der Waals surface area contributed by atoms with Crippen molar-refractivity contribution in [3.63, 3.8) is 0 Å². The summed E-state index contributed by atoms with van der Waals surface area (Å²) in [6.07, 6.45) is 2.77. The van der Waals surface area contributed by atoms with E-state index in [2.05, 4.69) is 20.3 Å². The molecule has 33 heavy (non-hydrogen) atoms. The highest BCUT2D eigenvalue weighted by Gasteiger charge is 2.21. The van der Waals surface area contributed by atoms with Crippen molar-refractivity contribution in [1.29, 1.82) is 0 Å². The summed E-state index contributed by atoms with van der Waals surface area (Å²) >= 11 is 0. The van der Waals surface area contributed by atoms with Crippen LogP contribution in [0, 0.1) is 5.95 Å². The van der Waals surface area contributed by atoms with E-state index >= 15 is 0 Å². The van der Waals surface area contributed by atoms with E-state index in [1.165, 1.54) is 18.6 Å². The summed E-state index contributed by atoms with van der Waals surface area (Å²) < 4.78 is 36.2. The van der Waals surface area contributed by atoms with E-state index in [4.69, 9.17) is 0 Å². The molecule has 0 atom stereocenters. The molecule has 3 heterocycles. The molecule has 0 aliphatic carbocycles. The molecular formula is C22H23FN6O3S. The minimum Gasteiger partial charge on any atom is -0.369 e. The number of nitrogens with zero attached hydrogens (tertiary/aromatic N) is 5. The lowest BCUT2D eigenvalue weighted by atomic mass is 10.2. The Balaban J connectivity index is 1.39. The molecule has 0 saturated carbocycles. The smallest absolute Gasteiger partial charge is 0.274 e. The lowest BCUT2D eigenvalue weighted by Gasteiger charge is -2.28. The number of carbonyl (C=O) groups excluding carboxylic acids is 1. The third kappa shape index (κ3) is 5.80. The molecule has 1 aromatic carbocycles. The van der Waals surface area contributed by atoms with Crippen LogP contribution in [0.5, 0.6) is 0 Å². The second-order valence-electron chi connectivity index (χ2n) is 7.75. The van der Waals surface area contributed by atoms with Crippen molar-refractivity contribution >= 4 is 32.9 Å². The fourth-order valence-corrected chi connectivity index (χ4v) is 4.66. The maximum Gasteiger partial charge on any atom is 0.274 e. The number of benzene rings is 1. The normalized spacial score (nSPS) is 15.2. The van der Waals surface area contributed by atoms with Gasteiger partial charge < -0.3 is 15.1 Å². The predicted molar refractivity (Wildman–Crippen MR) is 124 cm³/mol. The quantitative estimate of drug-likeness (QED) is 0.546. The van der Waals surface area contributed by atoms with E-state index in [1.54, 1.807) is 36.2 Å². The average Bonchev–Trinajstić information content (AvgIpc) is 2.81. The van der Waals surface area contributed by atoms with Gasteiger partial charge in [-0.25, -0.2) is 23.4 Å². The number of rotatable bonds is 6. The first-order valence-corrected chi connectivity index (χ1v) is 12.1. The van der Waals surface area contributed by atoms with Crippen LogP contribution in [0.4, 0.5) is 21.6 Å². The molecule has 172 valence electrons. The Morgan fingerprint density at radius 2 is 1.82 bits per heavy atom. The number of amides is 1. The van der Waals surface area contributed by atoms with Gasteiger partial charge in [0.05, 0.1) is 11.5 Å². The molecule has 0 spiro atoms. The largest absolute Gasteiger partial charge is 0.369 e. The van der Waals surface area contributed by atoms with Crippen LogP contribution in [0.3, 0.4) is 0 Å². The molecule has 2 aromatic heterocycles. The van der Waals surface area contributed by atoms with E-state index in [1.807, 2.05) is 17.0 Å². The lowest BCUT2D eigenvalue weighted by Crippen LogP contribution is -2.40. The van der Waals surface area contributed by atoms with Crippen molar-refractivity contribution in [2.24, 2.45) is 0 Å². The molecule has 4 rings (SSSR count). The number of carbonyl (C=O) groups is 1. The summed E-state index contributed by atoms with van der Waals surface area (Å²) in [5.41, 5.74) is 2.51. The van der Waals surface area contributed by atoms with Gasteiger partial charge in [-0.15, -0.1) is 0 Å². The summed E-state index contributed by atoms with van der Waals surface area (Å²) in [6, 6.07) is 11.8. The summed E-state index contributed by atoms with van der Waals surface area (Å²) in [5, 5.41) is 2.81. The van der Waals surface area contributed by atoms with Crippen molar-refractivity contribution in [1.82, 2.24) is 15.0 Å². The fraction of sp³-hybridized carbons (Fsp3) is 0.273. The van der Waals surface area contributed by atoms with Crippen LogP contribution in [-0.2, 0) is 16.4 Å². The molecule has 11 heteroatoms. The number of hydrogen-bond acceptors (Lipinski definition) is 8. The summed E-state index contributed by atoms with van der Waals surface area (Å²) in [4.78, 5) is 28.4. The van der Waals surface area contributed by atoms with Crippen molar-refractivity contribution in [3.8, 4) is 0 Å². The average molecular weight is 471 g/mol. The van der Waals surface area contributed by atoms with Crippen LogP contribution in [-0.4, -0.2) is 60.9 Å². The molecule has 1 fully saturated rings. The first kappa shape index (κ1) is 22.6. The number of nitrogens with one attached hydrogen (secondary N) is 1. The zero-order valence-corrected chi connectivity index (χ0v) is 18.8. The van der Waals surface area contributed by atoms with Gasteiger partial charge in [0.25, 0.3) is 5.91 Å². The summed E-state index contributed by atoms with van der Waals surface area (Å²) in [7, 11) is -1.14. The minimum atomic E-state index is -2.94. The maximum absolute atomic E-state index is 13.0. The van der Waals surface area contributed by atoms with Crippen molar-refractivity contribution in [2.75, 3.05) is 46.8 Å². The third-order valence-electron chi connectivity index (χ3n) is 5.32. The second kappa shape index (κ2) is 9.49. The molecule has 3 aromatic rings. The second-order valence-corrected chi connectivity index (χ2v) is 10.1. The Morgan fingerprint density at radius 3 is 2.48 bits per heavy atom. The van der Waals surface area contributed by atoms with Gasteiger partial charge in [0.15, 0.2) is 9.84 Å². The van der Waals surface area contributed by atoms with Gasteiger partial charge >= 0.3 is 0 Å². The summed E-state index contributed by atoms with van der Waals surface area (Å²) in [6.45, 7) is 1.35. The topological polar surface area (TPSA) is 108 Å². The Hall–Kier alpha value is -3.60. The zero-order valence-electron chi connectivity index (χ0n) is 18.0. The number of sulfone groups is 1. The van der Waals surface area contributed by atoms with E-state index in [-0.39, 0.29) is 23.1 Å². The number of pyridine rings is 1. The molecule has 1 amide bonds. The monoisotopic (exact) mass is 470 g/mol. The van der Waals surface area contributed by atoms with Crippen LogP contribution in [0.2, 0.25) is 0 Å². The van der Waals surface area contributed by atoms with Crippen LogP contribution in [0.25, 0.3) is 0 Å². The van der Waals surface area contributed by atoms with Gasteiger partial charge in [0.1, 0.15) is 17.8 Å². The van der Waals surface area contributed by atoms with Crippen LogP contribution in [0.15, 0.2) is 55.0 Å². The van der Waals surface area contributed by atoms with Gasteiger partial charge in [0.2, 0.25) is 5.95 Å². The Kier molecular flexibility index (Phi) is 6.50. The number of hydrogen-bond donors (Lipinski definition) is 1. The van der Waals surface area contributed by atoms with E-state index in [0.29, 0.717) is 31.1 Å². The highest BCUT2D eigenvalue weighted by Crippen LogP contribution is 2.21. The Labute approximate surface area is 191 Å². The van der Waals surface area contributed by atoms with Gasteiger partial charge in [-0.3, -0.25) is 4.79 Å². The van der Waals surface area contributed by atoms with Gasteiger partial charge in [0, 0.05) is 50.3 Å². The predicted octanol–water partition coefficient (Wildman–Crippen LogP) is 2.13. The van der Waals surface area contributed by atoms with E-state index < -0.39 is 15.8 Å². The molecule has 1 saturated heterocycles. The van der Waals surface area contributed by atoms with Crippen molar-refractivity contribution in [3.05, 3.63) is 72.2 Å². The van der Waals surface area contributed by atoms with Crippen molar-refractivity contribution < 1.29 is 17.6 Å². The number of halogens is 1. The maximum atomic E-state index is 13.0. The molecule has 9 nitrogen and oxygen atoms in total. The van der Waals surface area contributed by atoms with Crippen LogP contribution in [0.1, 0.15) is 16.1 Å². The van der Waals surface area contributed by atoms with E-state index in [9.17, 15) is 17.6 Å². The molecule has 0 bridgehead atoms. The first-order chi connectivity index (χ1) is 15.8. The Morgan fingerprint density at radius 1 is 1.09 bits per heavy atom. The van der Waals surface area contributed by atoms with Crippen LogP contribution < -0.4 is 15.1 Å². The van der Waals surface area contributed by atoms with Crippen LogP contribution >= 0.6 is 0 Å². The fourth-order valence-electron chi connectivity index (χ4n) is 3.46. The van der Waals surface area contributed by atoms with Gasteiger partial charge in [-0.1, -0.05) is 6.07 Å².